The van der Waals surface area contributed by atoms with E-state index in [1.165, 1.54) is 4.57 Å². The van der Waals surface area contributed by atoms with Crippen molar-refractivity contribution in [3.05, 3.63) is 81.0 Å². The van der Waals surface area contributed by atoms with Gasteiger partial charge in [-0.3, -0.25) is 19.1 Å². The van der Waals surface area contributed by atoms with E-state index in [9.17, 15) is 22.8 Å². The van der Waals surface area contributed by atoms with E-state index in [2.05, 4.69) is 10.3 Å². The molecule has 0 saturated heterocycles. The number of aromatic nitrogens is 2. The molecule has 8 nitrogen and oxygen atoms in total. The summed E-state index contributed by atoms with van der Waals surface area (Å²) >= 11 is 0. The Bertz CT molecular complexity index is 1250. The molecule has 0 aliphatic rings. The van der Waals surface area contributed by atoms with Gasteiger partial charge in [-0.1, -0.05) is 42.5 Å². The number of para-hydroxylation sites is 1. The molecule has 0 spiro atoms. The van der Waals surface area contributed by atoms with Gasteiger partial charge < -0.3 is 5.32 Å². The van der Waals surface area contributed by atoms with E-state index in [1.54, 1.807) is 48.5 Å². The van der Waals surface area contributed by atoms with Crippen LogP contribution in [-0.2, 0) is 26.9 Å². The lowest BCUT2D eigenvalue weighted by Gasteiger charge is -2.10. The summed E-state index contributed by atoms with van der Waals surface area (Å²) in [5.41, 5.74) is 0.165. The minimum absolute atomic E-state index is 0.0216. The number of sulfone groups is 1. The number of aryl methyl sites for hydroxylation is 1. The van der Waals surface area contributed by atoms with Crippen LogP contribution in [0.5, 0.6) is 0 Å². The summed E-state index contributed by atoms with van der Waals surface area (Å²) in [5.74, 6) is -0.339. The zero-order valence-electron chi connectivity index (χ0n) is 16.3. The first-order chi connectivity index (χ1) is 14.4. The van der Waals surface area contributed by atoms with Crippen molar-refractivity contribution < 1.29 is 13.2 Å². The van der Waals surface area contributed by atoms with Gasteiger partial charge >= 0.3 is 5.69 Å². The van der Waals surface area contributed by atoms with Crippen LogP contribution in [0.2, 0.25) is 0 Å². The molecule has 1 heterocycles. The first-order valence-corrected chi connectivity index (χ1v) is 11.4. The van der Waals surface area contributed by atoms with E-state index in [0.717, 1.165) is 5.56 Å². The third-order valence-corrected chi connectivity index (χ3v) is 6.34. The number of rotatable bonds is 9. The van der Waals surface area contributed by atoms with Crippen LogP contribution in [-0.4, -0.2) is 36.2 Å². The maximum Gasteiger partial charge on any atom is 0.328 e. The average Bonchev–Trinajstić information content (AvgIpc) is 2.71. The maximum absolute atomic E-state index is 12.2. The standard InChI is InChI=1S/C21H23N3O5S/c25-19(22-12-6-14-30(28,29)15-16-7-2-1-3-8-16)11-13-24-18-10-5-4-9-17(18)20(26)23-21(24)27/h1-5,7-10H,6,11-15H2,(H,22,25)(H,23,26,27). The van der Waals surface area contributed by atoms with Crippen LogP contribution < -0.4 is 16.6 Å². The number of carbonyl (C=O) groups is 1. The predicted octanol–water partition coefficient (Wildman–Crippen LogP) is 1.20. The highest BCUT2D eigenvalue weighted by molar-refractivity contribution is 7.90. The summed E-state index contributed by atoms with van der Waals surface area (Å²) in [6.45, 7) is 0.336. The van der Waals surface area contributed by atoms with Gasteiger partial charge in [0.05, 0.1) is 22.4 Å². The van der Waals surface area contributed by atoms with E-state index in [4.69, 9.17) is 0 Å². The highest BCUT2D eigenvalue weighted by Gasteiger charge is 2.12. The number of hydrogen-bond acceptors (Lipinski definition) is 5. The van der Waals surface area contributed by atoms with Crippen LogP contribution in [0.1, 0.15) is 18.4 Å². The van der Waals surface area contributed by atoms with Gasteiger partial charge in [0.15, 0.2) is 9.84 Å². The van der Waals surface area contributed by atoms with Gasteiger partial charge in [-0.05, 0) is 24.1 Å². The molecular weight excluding hydrogens is 406 g/mol. The maximum atomic E-state index is 12.2. The number of nitrogens with one attached hydrogen (secondary N) is 2. The molecule has 0 aliphatic carbocycles. The molecule has 158 valence electrons. The molecule has 1 aromatic heterocycles. The number of fused-ring (bicyclic) bond motifs is 1. The quantitative estimate of drug-likeness (QED) is 0.496. The van der Waals surface area contributed by atoms with E-state index < -0.39 is 21.1 Å². The molecular formula is C21H23N3O5S. The summed E-state index contributed by atoms with van der Waals surface area (Å²) in [4.78, 5) is 38.3. The van der Waals surface area contributed by atoms with Gasteiger partial charge in [-0.15, -0.1) is 0 Å². The fourth-order valence-electron chi connectivity index (χ4n) is 3.19. The number of nitrogens with zero attached hydrogens (tertiary/aromatic N) is 1. The lowest BCUT2D eigenvalue weighted by Crippen LogP contribution is -2.33. The van der Waals surface area contributed by atoms with Gasteiger partial charge in [0.25, 0.3) is 5.56 Å². The first-order valence-electron chi connectivity index (χ1n) is 9.59. The Labute approximate surface area is 173 Å². The molecule has 0 unspecified atom stereocenters. The number of amides is 1. The molecule has 0 bridgehead atoms. The van der Waals surface area contributed by atoms with Crippen LogP contribution in [0, 0.1) is 0 Å². The lowest BCUT2D eigenvalue weighted by atomic mass is 10.2. The summed E-state index contributed by atoms with van der Waals surface area (Å²) in [7, 11) is -3.25. The zero-order chi connectivity index (χ0) is 21.6. The van der Waals surface area contributed by atoms with Crippen molar-refractivity contribution in [2.24, 2.45) is 0 Å². The number of H-pyrrole nitrogens is 1. The molecule has 0 saturated carbocycles. The first kappa shape index (κ1) is 21.5. The summed E-state index contributed by atoms with van der Waals surface area (Å²) in [6, 6.07) is 15.6. The number of carbonyl (C=O) groups excluding carboxylic acids is 1. The minimum Gasteiger partial charge on any atom is -0.356 e. The van der Waals surface area contributed by atoms with Crippen molar-refractivity contribution in [1.82, 2.24) is 14.9 Å². The van der Waals surface area contributed by atoms with Crippen molar-refractivity contribution in [2.75, 3.05) is 12.3 Å². The van der Waals surface area contributed by atoms with E-state index in [0.29, 0.717) is 17.3 Å². The molecule has 30 heavy (non-hydrogen) atoms. The average molecular weight is 429 g/mol. The second-order valence-electron chi connectivity index (χ2n) is 6.96. The Morgan fingerprint density at radius 3 is 2.47 bits per heavy atom. The summed E-state index contributed by atoms with van der Waals surface area (Å²) in [6.07, 6.45) is 0.342. The third kappa shape index (κ3) is 5.66. The third-order valence-electron chi connectivity index (χ3n) is 4.65. The molecule has 3 rings (SSSR count). The molecule has 2 aromatic carbocycles. The monoisotopic (exact) mass is 429 g/mol. The topological polar surface area (TPSA) is 118 Å². The van der Waals surface area contributed by atoms with E-state index in [-0.39, 0.29) is 36.9 Å². The van der Waals surface area contributed by atoms with Gasteiger partial charge in [0, 0.05) is 19.5 Å². The Balaban J connectivity index is 1.49. The van der Waals surface area contributed by atoms with E-state index >= 15 is 0 Å². The molecule has 1 amide bonds. The highest BCUT2D eigenvalue weighted by atomic mass is 32.2. The number of aromatic amines is 1. The molecule has 0 aliphatic heterocycles. The van der Waals surface area contributed by atoms with Gasteiger partial charge in [-0.25, -0.2) is 13.2 Å². The fourth-order valence-corrected chi connectivity index (χ4v) is 4.62. The SMILES string of the molecule is O=C(CCn1c(=O)[nH]c(=O)c2ccccc21)NCCCS(=O)(=O)Cc1ccccc1. The smallest absolute Gasteiger partial charge is 0.328 e. The Morgan fingerprint density at radius 1 is 1.00 bits per heavy atom. The Hall–Kier alpha value is -3.20. The fraction of sp³-hybridized carbons (Fsp3) is 0.286. The molecule has 2 N–H and O–H groups in total. The van der Waals surface area contributed by atoms with Crippen LogP contribution in [0.15, 0.2) is 64.2 Å². The summed E-state index contributed by atoms with van der Waals surface area (Å²) < 4.78 is 25.7. The largest absolute Gasteiger partial charge is 0.356 e. The number of hydrogen-bond donors (Lipinski definition) is 2. The van der Waals surface area contributed by atoms with Crippen LogP contribution >= 0.6 is 0 Å². The van der Waals surface area contributed by atoms with Crippen molar-refractivity contribution in [3.63, 3.8) is 0 Å². The van der Waals surface area contributed by atoms with Crippen molar-refractivity contribution in [3.8, 4) is 0 Å². The predicted molar refractivity (Wildman–Crippen MR) is 115 cm³/mol. The minimum atomic E-state index is -3.25. The van der Waals surface area contributed by atoms with E-state index in [1.807, 2.05) is 6.07 Å². The number of benzene rings is 2. The molecule has 3 aromatic rings. The molecule has 0 radical (unpaired) electrons. The highest BCUT2D eigenvalue weighted by Crippen LogP contribution is 2.08. The Morgan fingerprint density at radius 2 is 1.70 bits per heavy atom. The Kier molecular flexibility index (Phi) is 6.83. The lowest BCUT2D eigenvalue weighted by molar-refractivity contribution is -0.121. The van der Waals surface area contributed by atoms with Crippen LogP contribution in [0.25, 0.3) is 10.9 Å². The van der Waals surface area contributed by atoms with Crippen molar-refractivity contribution >= 4 is 26.6 Å². The second kappa shape index (κ2) is 9.53. The van der Waals surface area contributed by atoms with Gasteiger partial charge in [0.1, 0.15) is 0 Å². The normalized spacial score (nSPS) is 11.5. The molecule has 0 fully saturated rings. The van der Waals surface area contributed by atoms with Crippen LogP contribution in [0.4, 0.5) is 0 Å². The van der Waals surface area contributed by atoms with Crippen molar-refractivity contribution in [1.29, 1.82) is 0 Å². The van der Waals surface area contributed by atoms with Gasteiger partial charge in [-0.2, -0.15) is 0 Å². The summed E-state index contributed by atoms with van der Waals surface area (Å²) in [5, 5.41) is 3.05. The van der Waals surface area contributed by atoms with Crippen molar-refractivity contribution in [2.45, 2.75) is 25.1 Å². The molecule has 0 atom stereocenters. The molecule has 9 heteroatoms. The van der Waals surface area contributed by atoms with Crippen LogP contribution in [0.3, 0.4) is 0 Å². The zero-order valence-corrected chi connectivity index (χ0v) is 17.2. The second-order valence-corrected chi connectivity index (χ2v) is 9.14. The van der Waals surface area contributed by atoms with Gasteiger partial charge in [0.2, 0.25) is 5.91 Å².